The van der Waals surface area contributed by atoms with Gasteiger partial charge in [-0.1, -0.05) is 44.7 Å². The van der Waals surface area contributed by atoms with E-state index in [0.29, 0.717) is 12.0 Å². The molecule has 1 heterocycles. The van der Waals surface area contributed by atoms with Crippen LogP contribution in [-0.4, -0.2) is 19.3 Å². The highest BCUT2D eigenvalue weighted by atomic mass is 79.9. The maximum absolute atomic E-state index is 6.19. The Bertz CT molecular complexity index is 500. The lowest BCUT2D eigenvalue weighted by Gasteiger charge is -2.41. The van der Waals surface area contributed by atoms with Gasteiger partial charge in [0.15, 0.2) is 0 Å². The Morgan fingerprint density at radius 1 is 1.29 bits per heavy atom. The quantitative estimate of drug-likeness (QED) is 0.729. The van der Waals surface area contributed by atoms with Crippen LogP contribution in [0.3, 0.4) is 0 Å². The molecule has 116 valence electrons. The van der Waals surface area contributed by atoms with Crippen molar-refractivity contribution in [1.82, 2.24) is 5.32 Å². The molecule has 1 N–H and O–H groups in total. The van der Waals surface area contributed by atoms with Crippen molar-refractivity contribution in [3.8, 4) is 0 Å². The molecule has 21 heavy (non-hydrogen) atoms. The van der Waals surface area contributed by atoms with Crippen LogP contribution < -0.4 is 5.32 Å². The zero-order valence-corrected chi connectivity index (χ0v) is 15.7. The van der Waals surface area contributed by atoms with E-state index in [1.54, 1.807) is 0 Å². The van der Waals surface area contributed by atoms with Crippen LogP contribution in [0.25, 0.3) is 0 Å². The molecular weight excluding hydrogens is 394 g/mol. The third kappa shape index (κ3) is 3.39. The molecule has 0 bridgehead atoms. The summed E-state index contributed by atoms with van der Waals surface area (Å²) in [5, 5.41) is 3.56. The minimum atomic E-state index is 0.177. The van der Waals surface area contributed by atoms with Crippen molar-refractivity contribution in [3.05, 3.63) is 32.7 Å². The molecule has 2 unspecified atom stereocenters. The predicted molar refractivity (Wildman–Crippen MR) is 93.5 cm³/mol. The molecule has 4 heteroatoms. The number of hydrogen-bond donors (Lipinski definition) is 1. The van der Waals surface area contributed by atoms with Crippen LogP contribution in [0.15, 0.2) is 27.1 Å². The highest BCUT2D eigenvalue weighted by Gasteiger charge is 2.42. The number of ether oxygens (including phenoxy) is 1. The van der Waals surface area contributed by atoms with E-state index in [2.05, 4.69) is 62.4 Å². The number of rotatable bonds is 3. The fraction of sp³-hybridized carbons (Fsp3) is 0.647. The topological polar surface area (TPSA) is 21.3 Å². The normalized spacial score (nSPS) is 26.1. The van der Waals surface area contributed by atoms with Gasteiger partial charge < -0.3 is 10.1 Å². The summed E-state index contributed by atoms with van der Waals surface area (Å²) in [6.45, 7) is 0.911. The summed E-state index contributed by atoms with van der Waals surface area (Å²) in [5.74, 6) is 0.646. The Morgan fingerprint density at radius 2 is 2.05 bits per heavy atom. The monoisotopic (exact) mass is 415 g/mol. The van der Waals surface area contributed by atoms with Crippen molar-refractivity contribution in [2.24, 2.45) is 5.92 Å². The summed E-state index contributed by atoms with van der Waals surface area (Å²) in [6.07, 6.45) is 7.50. The number of halogens is 2. The average molecular weight is 417 g/mol. The molecule has 1 saturated carbocycles. The molecule has 1 aromatic rings. The molecule has 1 saturated heterocycles. The Kier molecular flexibility index (Phi) is 5.09. The van der Waals surface area contributed by atoms with Crippen LogP contribution in [0, 0.1) is 5.92 Å². The molecule has 3 rings (SSSR count). The second-order valence-electron chi connectivity index (χ2n) is 6.42. The van der Waals surface area contributed by atoms with Crippen LogP contribution in [0.4, 0.5) is 0 Å². The fourth-order valence-electron chi connectivity index (χ4n) is 4.12. The van der Waals surface area contributed by atoms with Crippen LogP contribution in [0.1, 0.15) is 50.1 Å². The van der Waals surface area contributed by atoms with E-state index in [1.165, 1.54) is 42.1 Å². The van der Waals surface area contributed by atoms with Crippen LogP contribution in [0.2, 0.25) is 0 Å². The van der Waals surface area contributed by atoms with Gasteiger partial charge in [0.05, 0.1) is 5.60 Å². The molecule has 0 amide bonds. The SMILES string of the molecule is CNC(c1cc(Br)ccc1Br)C1CCOC2(CCCC2)C1. The van der Waals surface area contributed by atoms with Gasteiger partial charge in [0.2, 0.25) is 0 Å². The molecule has 1 spiro atoms. The molecule has 2 nitrogen and oxygen atoms in total. The first-order valence-corrected chi connectivity index (χ1v) is 9.48. The Balaban J connectivity index is 1.84. The van der Waals surface area contributed by atoms with Gasteiger partial charge in [-0.3, -0.25) is 0 Å². The summed E-state index contributed by atoms with van der Waals surface area (Å²) in [5.41, 5.74) is 1.53. The van der Waals surface area contributed by atoms with E-state index in [9.17, 15) is 0 Å². The fourth-order valence-corrected chi connectivity index (χ4v) is 4.99. The molecule has 0 radical (unpaired) electrons. The Hall–Kier alpha value is 0.1000. The first-order chi connectivity index (χ1) is 10.1. The molecule has 2 fully saturated rings. The van der Waals surface area contributed by atoms with E-state index < -0.39 is 0 Å². The van der Waals surface area contributed by atoms with Gasteiger partial charge in [-0.15, -0.1) is 0 Å². The molecule has 1 aromatic carbocycles. The van der Waals surface area contributed by atoms with Crippen molar-refractivity contribution in [1.29, 1.82) is 0 Å². The van der Waals surface area contributed by atoms with Gasteiger partial charge in [-0.25, -0.2) is 0 Å². The highest BCUT2D eigenvalue weighted by Crippen LogP contribution is 2.46. The molecule has 2 aliphatic rings. The van der Waals surface area contributed by atoms with Crippen molar-refractivity contribution < 1.29 is 4.74 Å². The first-order valence-electron chi connectivity index (χ1n) is 7.90. The molecule has 2 atom stereocenters. The van der Waals surface area contributed by atoms with E-state index in [-0.39, 0.29) is 5.60 Å². The number of benzene rings is 1. The minimum Gasteiger partial charge on any atom is -0.375 e. The zero-order valence-electron chi connectivity index (χ0n) is 12.5. The Labute approximate surface area is 144 Å². The number of hydrogen-bond acceptors (Lipinski definition) is 2. The first kappa shape index (κ1) is 16.0. The summed E-state index contributed by atoms with van der Waals surface area (Å²) < 4.78 is 8.53. The third-order valence-corrected chi connectivity index (χ3v) is 6.34. The lowest BCUT2D eigenvalue weighted by molar-refractivity contribution is -0.0979. The molecule has 1 aliphatic carbocycles. The summed E-state index contributed by atoms with van der Waals surface area (Å²) >= 11 is 7.33. The predicted octanol–water partition coefficient (Wildman–Crippen LogP) is 5.21. The van der Waals surface area contributed by atoms with Gasteiger partial charge in [-0.2, -0.15) is 0 Å². The molecule has 1 aliphatic heterocycles. The lowest BCUT2D eigenvalue weighted by Crippen LogP contribution is -2.41. The van der Waals surface area contributed by atoms with E-state index >= 15 is 0 Å². The molecule has 0 aromatic heterocycles. The maximum Gasteiger partial charge on any atom is 0.0686 e. The summed E-state index contributed by atoms with van der Waals surface area (Å²) in [7, 11) is 2.08. The number of nitrogens with one attached hydrogen (secondary N) is 1. The zero-order chi connectivity index (χ0) is 14.9. The molecular formula is C17H23Br2NO. The van der Waals surface area contributed by atoms with E-state index in [4.69, 9.17) is 4.74 Å². The van der Waals surface area contributed by atoms with Crippen molar-refractivity contribution in [2.45, 2.75) is 50.2 Å². The highest BCUT2D eigenvalue weighted by molar-refractivity contribution is 9.11. The second-order valence-corrected chi connectivity index (χ2v) is 8.19. The third-order valence-electron chi connectivity index (χ3n) is 5.12. The maximum atomic E-state index is 6.19. The van der Waals surface area contributed by atoms with E-state index in [0.717, 1.165) is 17.5 Å². The van der Waals surface area contributed by atoms with Crippen LogP contribution >= 0.6 is 31.9 Å². The lowest BCUT2D eigenvalue weighted by atomic mass is 9.78. The van der Waals surface area contributed by atoms with Crippen molar-refractivity contribution in [2.75, 3.05) is 13.7 Å². The smallest absolute Gasteiger partial charge is 0.0686 e. The largest absolute Gasteiger partial charge is 0.375 e. The van der Waals surface area contributed by atoms with Gasteiger partial charge in [0, 0.05) is 21.6 Å². The van der Waals surface area contributed by atoms with Crippen molar-refractivity contribution in [3.63, 3.8) is 0 Å². The van der Waals surface area contributed by atoms with Gasteiger partial charge >= 0.3 is 0 Å². The summed E-state index contributed by atoms with van der Waals surface area (Å²) in [4.78, 5) is 0. The summed E-state index contributed by atoms with van der Waals surface area (Å²) in [6, 6.07) is 6.84. The second kappa shape index (κ2) is 6.69. The standard InChI is InChI=1S/C17H23Br2NO/c1-20-16(14-10-13(18)4-5-15(14)19)12-6-9-21-17(11-12)7-2-3-8-17/h4-5,10,12,16,20H,2-3,6-9,11H2,1H3. The average Bonchev–Trinajstić information content (AvgIpc) is 2.91. The van der Waals surface area contributed by atoms with Gasteiger partial charge in [0.25, 0.3) is 0 Å². The van der Waals surface area contributed by atoms with E-state index in [1.807, 2.05) is 0 Å². The van der Waals surface area contributed by atoms with Crippen LogP contribution in [-0.2, 0) is 4.74 Å². The van der Waals surface area contributed by atoms with Crippen molar-refractivity contribution >= 4 is 31.9 Å². The Morgan fingerprint density at radius 3 is 2.76 bits per heavy atom. The van der Waals surface area contributed by atoms with Crippen LogP contribution in [0.5, 0.6) is 0 Å². The van der Waals surface area contributed by atoms with Gasteiger partial charge in [0.1, 0.15) is 0 Å². The minimum absolute atomic E-state index is 0.177. The van der Waals surface area contributed by atoms with Gasteiger partial charge in [-0.05, 0) is 62.4 Å².